The van der Waals surface area contributed by atoms with Crippen LogP contribution in [-0.2, 0) is 4.74 Å². The van der Waals surface area contributed by atoms with E-state index in [-0.39, 0.29) is 6.10 Å². The van der Waals surface area contributed by atoms with Gasteiger partial charge in [0.05, 0.1) is 12.1 Å². The van der Waals surface area contributed by atoms with Crippen LogP contribution in [-0.4, -0.2) is 19.3 Å². The maximum absolute atomic E-state index is 6.19. The van der Waals surface area contributed by atoms with Crippen LogP contribution in [0.2, 0.25) is 0 Å². The fraction of sp³-hybridized carbons (Fsp3) is 0.667. The fourth-order valence-corrected chi connectivity index (χ4v) is 3.17. The topological polar surface area (TPSA) is 21.3 Å². The van der Waals surface area contributed by atoms with Gasteiger partial charge in [-0.25, -0.2) is 0 Å². The van der Waals surface area contributed by atoms with E-state index in [4.69, 9.17) is 4.74 Å². The number of rotatable bonds is 7. The molecule has 112 valence electrons. The predicted molar refractivity (Wildman–Crippen MR) is 84.8 cm³/mol. The van der Waals surface area contributed by atoms with Crippen molar-refractivity contribution in [2.75, 3.05) is 13.2 Å². The van der Waals surface area contributed by atoms with Crippen LogP contribution in [0.15, 0.2) is 30.3 Å². The van der Waals surface area contributed by atoms with Crippen molar-refractivity contribution in [3.05, 3.63) is 35.9 Å². The van der Waals surface area contributed by atoms with E-state index in [2.05, 4.69) is 49.5 Å². The maximum atomic E-state index is 6.19. The molecule has 0 aromatic heterocycles. The van der Waals surface area contributed by atoms with E-state index in [0.29, 0.717) is 6.04 Å². The lowest BCUT2D eigenvalue weighted by molar-refractivity contribution is 0.00970. The van der Waals surface area contributed by atoms with Gasteiger partial charge in [0.2, 0.25) is 0 Å². The normalized spacial score (nSPS) is 19.7. The van der Waals surface area contributed by atoms with Crippen molar-refractivity contribution in [2.24, 2.45) is 5.92 Å². The van der Waals surface area contributed by atoms with E-state index >= 15 is 0 Å². The van der Waals surface area contributed by atoms with Crippen molar-refractivity contribution < 1.29 is 4.74 Å². The van der Waals surface area contributed by atoms with Crippen LogP contribution in [0.5, 0.6) is 0 Å². The van der Waals surface area contributed by atoms with Crippen molar-refractivity contribution in [3.8, 4) is 0 Å². The average molecular weight is 275 g/mol. The van der Waals surface area contributed by atoms with Gasteiger partial charge in [-0.15, -0.1) is 0 Å². The summed E-state index contributed by atoms with van der Waals surface area (Å²) in [7, 11) is 0. The number of likely N-dealkylation sites (N-methyl/N-ethyl adjacent to an activating group) is 1. The summed E-state index contributed by atoms with van der Waals surface area (Å²) in [6.07, 6.45) is 7.11. The quantitative estimate of drug-likeness (QED) is 0.800. The Hall–Kier alpha value is -0.860. The summed E-state index contributed by atoms with van der Waals surface area (Å²) >= 11 is 0. The third-order valence-electron chi connectivity index (χ3n) is 4.37. The monoisotopic (exact) mass is 275 g/mol. The van der Waals surface area contributed by atoms with Crippen molar-refractivity contribution >= 4 is 0 Å². The zero-order chi connectivity index (χ0) is 14.2. The lowest BCUT2D eigenvalue weighted by Crippen LogP contribution is -2.33. The number of hydrogen-bond donors (Lipinski definition) is 1. The van der Waals surface area contributed by atoms with E-state index in [1.807, 2.05) is 0 Å². The minimum absolute atomic E-state index is 0.222. The summed E-state index contributed by atoms with van der Waals surface area (Å²) in [6, 6.07) is 11.0. The van der Waals surface area contributed by atoms with Crippen LogP contribution in [0.3, 0.4) is 0 Å². The molecule has 2 atom stereocenters. The molecule has 2 unspecified atom stereocenters. The van der Waals surface area contributed by atoms with Crippen LogP contribution in [0.25, 0.3) is 0 Å². The van der Waals surface area contributed by atoms with Gasteiger partial charge in [0.15, 0.2) is 0 Å². The Morgan fingerprint density at radius 1 is 1.15 bits per heavy atom. The molecule has 1 fully saturated rings. The van der Waals surface area contributed by atoms with Crippen LogP contribution >= 0.6 is 0 Å². The molecular weight excluding hydrogens is 246 g/mol. The Morgan fingerprint density at radius 2 is 1.85 bits per heavy atom. The highest BCUT2D eigenvalue weighted by atomic mass is 16.5. The van der Waals surface area contributed by atoms with E-state index < -0.39 is 0 Å². The van der Waals surface area contributed by atoms with Gasteiger partial charge in [0.1, 0.15) is 0 Å². The van der Waals surface area contributed by atoms with Crippen LogP contribution in [0.1, 0.15) is 57.6 Å². The third kappa shape index (κ3) is 4.60. The van der Waals surface area contributed by atoms with Gasteiger partial charge < -0.3 is 10.1 Å². The van der Waals surface area contributed by atoms with Gasteiger partial charge >= 0.3 is 0 Å². The van der Waals surface area contributed by atoms with Gasteiger partial charge in [-0.05, 0) is 37.8 Å². The number of benzene rings is 1. The molecule has 0 bridgehead atoms. The molecule has 1 aromatic rings. The summed E-state index contributed by atoms with van der Waals surface area (Å²) in [5.74, 6) is 0.782. The molecule has 0 heterocycles. The molecular formula is C18H29NO. The molecule has 2 rings (SSSR count). The molecule has 0 aliphatic heterocycles. The first kappa shape index (κ1) is 15.5. The van der Waals surface area contributed by atoms with Gasteiger partial charge in [-0.2, -0.15) is 0 Å². The van der Waals surface area contributed by atoms with Crippen molar-refractivity contribution in [3.63, 3.8) is 0 Å². The Bertz CT molecular complexity index is 359. The Balaban J connectivity index is 1.88. The van der Waals surface area contributed by atoms with Crippen LogP contribution in [0, 0.1) is 5.92 Å². The summed E-state index contributed by atoms with van der Waals surface area (Å²) in [6.45, 7) is 6.25. The first-order chi connectivity index (χ1) is 9.81. The summed E-state index contributed by atoms with van der Waals surface area (Å²) in [4.78, 5) is 0. The SMILES string of the molecule is CCNC(c1ccccc1)C(C)OCC1CCCCC1. The highest BCUT2D eigenvalue weighted by molar-refractivity contribution is 5.19. The predicted octanol–water partition coefficient (Wildman–Crippen LogP) is 4.32. The minimum Gasteiger partial charge on any atom is -0.376 e. The molecule has 0 spiro atoms. The zero-order valence-electron chi connectivity index (χ0n) is 13.0. The fourth-order valence-electron chi connectivity index (χ4n) is 3.17. The number of ether oxygens (including phenoxy) is 1. The summed E-state index contributed by atoms with van der Waals surface area (Å²) < 4.78 is 6.19. The zero-order valence-corrected chi connectivity index (χ0v) is 13.0. The smallest absolute Gasteiger partial charge is 0.0741 e. The second kappa shape index (κ2) is 8.43. The molecule has 1 saturated carbocycles. The maximum Gasteiger partial charge on any atom is 0.0741 e. The molecule has 0 saturated heterocycles. The number of hydrogen-bond acceptors (Lipinski definition) is 2. The van der Waals surface area contributed by atoms with Crippen LogP contribution < -0.4 is 5.32 Å². The van der Waals surface area contributed by atoms with Crippen molar-refractivity contribution in [1.29, 1.82) is 0 Å². The molecule has 1 aliphatic carbocycles. The van der Waals surface area contributed by atoms with Gasteiger partial charge in [-0.3, -0.25) is 0 Å². The summed E-state index contributed by atoms with van der Waals surface area (Å²) in [5, 5.41) is 3.56. The van der Waals surface area contributed by atoms with Crippen molar-refractivity contribution in [1.82, 2.24) is 5.32 Å². The van der Waals surface area contributed by atoms with Gasteiger partial charge in [-0.1, -0.05) is 56.5 Å². The average Bonchev–Trinajstić information content (AvgIpc) is 2.52. The first-order valence-corrected chi connectivity index (χ1v) is 8.21. The van der Waals surface area contributed by atoms with Crippen molar-refractivity contribution in [2.45, 2.75) is 58.1 Å². The van der Waals surface area contributed by atoms with E-state index in [9.17, 15) is 0 Å². The van der Waals surface area contributed by atoms with E-state index in [0.717, 1.165) is 19.1 Å². The molecule has 20 heavy (non-hydrogen) atoms. The van der Waals surface area contributed by atoms with E-state index in [1.165, 1.54) is 37.7 Å². The molecule has 0 amide bonds. The van der Waals surface area contributed by atoms with Crippen LogP contribution in [0.4, 0.5) is 0 Å². The Labute approximate surface area is 123 Å². The molecule has 1 N–H and O–H groups in total. The standard InChI is InChI=1S/C18H29NO/c1-3-19-18(17-12-8-5-9-13-17)15(2)20-14-16-10-6-4-7-11-16/h5,8-9,12-13,15-16,18-19H,3-4,6-7,10-11,14H2,1-2H3. The Morgan fingerprint density at radius 3 is 2.50 bits per heavy atom. The molecule has 0 radical (unpaired) electrons. The molecule has 2 nitrogen and oxygen atoms in total. The minimum atomic E-state index is 0.222. The Kier molecular flexibility index (Phi) is 6.55. The van der Waals surface area contributed by atoms with Gasteiger partial charge in [0.25, 0.3) is 0 Å². The highest BCUT2D eigenvalue weighted by Gasteiger charge is 2.21. The second-order valence-corrected chi connectivity index (χ2v) is 5.99. The third-order valence-corrected chi connectivity index (χ3v) is 4.37. The largest absolute Gasteiger partial charge is 0.376 e. The summed E-state index contributed by atoms with van der Waals surface area (Å²) in [5.41, 5.74) is 1.32. The molecule has 1 aliphatic rings. The van der Waals surface area contributed by atoms with E-state index in [1.54, 1.807) is 0 Å². The second-order valence-electron chi connectivity index (χ2n) is 5.99. The molecule has 1 aromatic carbocycles. The lowest BCUT2D eigenvalue weighted by atomic mass is 9.90. The number of nitrogens with one attached hydrogen (secondary N) is 1. The molecule has 2 heteroatoms. The van der Waals surface area contributed by atoms with Gasteiger partial charge in [0, 0.05) is 6.61 Å². The lowest BCUT2D eigenvalue weighted by Gasteiger charge is -2.28. The highest BCUT2D eigenvalue weighted by Crippen LogP contribution is 2.26. The first-order valence-electron chi connectivity index (χ1n) is 8.21.